The highest BCUT2D eigenvalue weighted by atomic mass is 16.5. The number of pyridine rings is 2. The van der Waals surface area contributed by atoms with Gasteiger partial charge in [0.2, 0.25) is 5.88 Å². The van der Waals surface area contributed by atoms with Gasteiger partial charge in [0.1, 0.15) is 86.6 Å². The third-order valence-electron chi connectivity index (χ3n) is 22.9. The molecule has 13 aromatic carbocycles. The van der Waals surface area contributed by atoms with Gasteiger partial charge >= 0.3 is 0 Å². The number of aromatic nitrogens is 2. The summed E-state index contributed by atoms with van der Waals surface area (Å²) < 4.78 is 28.5. The molecular formula is C120H137N7O10. The first-order chi connectivity index (χ1) is 66.9. The molecule has 15 aromatic rings. The first-order valence-electron chi connectivity index (χ1n) is 47.5. The Kier molecular flexibility index (Phi) is 45.3. The van der Waals surface area contributed by atoms with Crippen LogP contribution in [0.4, 0.5) is 0 Å². The Morgan fingerprint density at radius 1 is 0.226 bits per heavy atom. The molecule has 0 bridgehead atoms. The van der Waals surface area contributed by atoms with E-state index in [9.17, 15) is 25.5 Å². The van der Waals surface area contributed by atoms with Gasteiger partial charge in [-0.05, 0) is 175 Å². The highest BCUT2D eigenvalue weighted by Crippen LogP contribution is 2.23. The Hall–Kier alpha value is -13.2. The van der Waals surface area contributed by atoms with Gasteiger partial charge in [0, 0.05) is 117 Å². The molecule has 17 heteroatoms. The summed E-state index contributed by atoms with van der Waals surface area (Å²) in [6, 6.07) is 131. The second-order valence-electron chi connectivity index (χ2n) is 35.0. The van der Waals surface area contributed by atoms with Crippen molar-refractivity contribution in [2.75, 3.05) is 72.3 Å². The third-order valence-corrected chi connectivity index (χ3v) is 22.9. The quantitative estimate of drug-likeness (QED) is 0.0242. The summed E-state index contributed by atoms with van der Waals surface area (Å²) in [6.07, 6.45) is 3.15. The van der Waals surface area contributed by atoms with Gasteiger partial charge in [-0.25, -0.2) is 4.98 Å². The van der Waals surface area contributed by atoms with E-state index in [2.05, 4.69) is 249 Å². The van der Waals surface area contributed by atoms with Crippen LogP contribution in [0.5, 0.6) is 28.9 Å². The van der Waals surface area contributed by atoms with Gasteiger partial charge in [-0.15, -0.1) is 0 Å². The van der Waals surface area contributed by atoms with Crippen molar-refractivity contribution in [1.29, 1.82) is 0 Å². The highest BCUT2D eigenvalue weighted by molar-refractivity contribution is 5.33. The largest absolute Gasteiger partial charge is 0.491 e. The second-order valence-corrected chi connectivity index (χ2v) is 35.0. The lowest BCUT2D eigenvalue weighted by molar-refractivity contribution is 0.0613. The maximum absolute atomic E-state index is 10.7. The minimum absolute atomic E-state index is 0.219. The molecule has 2 heterocycles. The molecule has 0 amide bonds. The van der Waals surface area contributed by atoms with Crippen molar-refractivity contribution in [3.8, 4) is 28.9 Å². The van der Waals surface area contributed by atoms with E-state index in [1.54, 1.807) is 24.7 Å². The van der Waals surface area contributed by atoms with E-state index in [-0.39, 0.29) is 26.4 Å². The molecule has 712 valence electrons. The molecule has 15 rings (SSSR count). The van der Waals surface area contributed by atoms with Crippen molar-refractivity contribution in [3.63, 3.8) is 0 Å². The molecule has 17 nitrogen and oxygen atoms in total. The molecule has 2 aromatic heterocycles. The maximum atomic E-state index is 10.7. The van der Waals surface area contributed by atoms with E-state index in [1.165, 1.54) is 89.0 Å². The number of aliphatic hydroxyl groups excluding tert-OH is 5. The average Bonchev–Trinajstić information content (AvgIpc) is 0.794. The van der Waals surface area contributed by atoms with Crippen LogP contribution in [0.3, 0.4) is 0 Å². The minimum atomic E-state index is -0.593. The van der Waals surface area contributed by atoms with Crippen molar-refractivity contribution in [2.45, 2.75) is 137 Å². The molecule has 0 spiro atoms. The lowest BCUT2D eigenvalue weighted by Crippen LogP contribution is -2.36. The summed E-state index contributed by atoms with van der Waals surface area (Å²) in [5.74, 6) is 3.58. The van der Waals surface area contributed by atoms with E-state index in [0.29, 0.717) is 51.0 Å². The van der Waals surface area contributed by atoms with Gasteiger partial charge in [0.25, 0.3) is 0 Å². The van der Waals surface area contributed by atoms with Gasteiger partial charge < -0.3 is 49.2 Å². The molecule has 0 fully saturated rings. The monoisotopic (exact) mass is 1840 g/mol. The van der Waals surface area contributed by atoms with Gasteiger partial charge in [-0.1, -0.05) is 344 Å². The number of benzene rings is 13. The zero-order chi connectivity index (χ0) is 96.1. The molecule has 137 heavy (non-hydrogen) atoms. The Morgan fingerprint density at radius 3 is 0.774 bits per heavy atom. The fourth-order valence-electron chi connectivity index (χ4n) is 15.5. The summed E-state index contributed by atoms with van der Waals surface area (Å²) in [4.78, 5) is 19.5. The van der Waals surface area contributed by atoms with Crippen molar-refractivity contribution in [2.24, 2.45) is 0 Å². The molecule has 0 saturated heterocycles. The van der Waals surface area contributed by atoms with Crippen molar-refractivity contribution >= 4 is 0 Å². The molecule has 5 N–H and O–H groups in total. The Morgan fingerprint density at radius 2 is 0.482 bits per heavy atom. The van der Waals surface area contributed by atoms with Crippen LogP contribution in [-0.2, 0) is 65.3 Å². The topological polar surface area (TPSA) is 189 Å². The third kappa shape index (κ3) is 41.5. The van der Waals surface area contributed by atoms with Crippen LogP contribution in [0.1, 0.15) is 89.0 Å². The molecule has 0 saturated carbocycles. The van der Waals surface area contributed by atoms with Crippen LogP contribution >= 0.6 is 0 Å². The molecule has 0 aliphatic carbocycles. The standard InChI is InChI=1S/C26H31NO2.2C25H29NO2.2C22H24N2O2/c1-20-12-14-26(15-13-20)29-19-25(28)18-27(16-23-10-6-4-8-21(23)2)17-24-11-7-5-9-22(24)3;1-20-12-14-25(15-13-20)28-19-24(27)18-26(16-22-9-4-3-5-10-22)17-23-11-7-6-8-21(23)2;1-21-12-14-25(15-13-21)28-20-24(27)19-26(18-23-10-6-3-7-11-23)17-16-22-8-4-2-5-9-22;25-21(18-26-22-13-7-8-14-23-22)17-24(15-19-9-3-1-4-10-19)16-20-11-5-2-6-12-20;25-21(18-26-22-12-7-13-23-14-22)17-24(15-19-8-3-1-4-9-19)16-20-10-5-2-6-11-20/h4-15,25,28H,16-19H2,1-3H3;3-15,24,27H,16-19H2,1-2H3;2-15,24,27H,16-20H2,1H3;2*1-14,21,25H,15-18H2. The van der Waals surface area contributed by atoms with Crippen molar-refractivity contribution < 1.29 is 49.2 Å². The number of nitrogens with zero attached hydrogens (tertiary/aromatic N) is 7. The number of hydrogen-bond donors (Lipinski definition) is 5. The maximum Gasteiger partial charge on any atom is 0.213 e. The summed E-state index contributed by atoms with van der Waals surface area (Å²) in [7, 11) is 0. The molecule has 0 radical (unpaired) electrons. The molecule has 0 aliphatic heterocycles. The average molecular weight is 1840 g/mol. The van der Waals surface area contributed by atoms with Gasteiger partial charge in [-0.2, -0.15) is 0 Å². The Balaban J connectivity index is 0.000000164. The zero-order valence-corrected chi connectivity index (χ0v) is 80.3. The fourth-order valence-corrected chi connectivity index (χ4v) is 15.5. The number of rotatable bonds is 46. The van der Waals surface area contributed by atoms with Gasteiger partial charge in [0.15, 0.2) is 0 Å². The number of ether oxygens (including phenoxy) is 5. The van der Waals surface area contributed by atoms with Crippen molar-refractivity contribution in [1.82, 2.24) is 34.5 Å². The lowest BCUT2D eigenvalue weighted by Gasteiger charge is -2.26. The van der Waals surface area contributed by atoms with E-state index in [1.807, 2.05) is 209 Å². The lowest BCUT2D eigenvalue weighted by atomic mass is 10.1. The molecule has 5 unspecified atom stereocenters. The minimum Gasteiger partial charge on any atom is -0.491 e. The Bertz CT molecular complexity index is 5440. The smallest absolute Gasteiger partial charge is 0.213 e. The van der Waals surface area contributed by atoms with Crippen LogP contribution in [0.25, 0.3) is 0 Å². The van der Waals surface area contributed by atoms with Crippen LogP contribution in [0.2, 0.25) is 0 Å². The Labute approximate surface area is 813 Å². The van der Waals surface area contributed by atoms with E-state index < -0.39 is 30.5 Å². The van der Waals surface area contributed by atoms with E-state index in [4.69, 9.17) is 23.7 Å². The summed E-state index contributed by atoms with van der Waals surface area (Å²) in [6.45, 7) is 24.6. The predicted molar refractivity (Wildman–Crippen MR) is 554 cm³/mol. The van der Waals surface area contributed by atoms with Crippen LogP contribution in [0.15, 0.2) is 407 Å². The van der Waals surface area contributed by atoms with Gasteiger partial charge in [0.05, 0.1) is 6.20 Å². The molecule has 0 aliphatic rings. The van der Waals surface area contributed by atoms with E-state index in [0.717, 1.165) is 89.1 Å². The fraction of sp³-hybridized carbons (Fsp3) is 0.267. The van der Waals surface area contributed by atoms with Gasteiger partial charge in [-0.3, -0.25) is 29.5 Å². The summed E-state index contributed by atoms with van der Waals surface area (Å²) >= 11 is 0. The van der Waals surface area contributed by atoms with Crippen molar-refractivity contribution in [3.05, 3.63) is 496 Å². The first kappa shape index (κ1) is 104. The number of hydrogen-bond acceptors (Lipinski definition) is 17. The number of aryl methyl sites for hydroxylation is 6. The molecular weight excluding hydrogens is 1700 g/mol. The predicted octanol–water partition coefficient (Wildman–Crippen LogP) is 21.3. The summed E-state index contributed by atoms with van der Waals surface area (Å²) in [5.41, 5.74) is 20.0. The van der Waals surface area contributed by atoms with Crippen LogP contribution in [0, 0.1) is 41.5 Å². The SMILES string of the molecule is Cc1ccc(OCC(O)CN(CCc2ccccc2)Cc2ccccc2)cc1.Cc1ccc(OCC(O)CN(Cc2ccccc2)Cc2ccccc2C)cc1.Cc1ccc(OCC(O)CN(Cc2ccccc2C)Cc2ccccc2C)cc1.OC(COc1ccccn1)CN(Cc1ccccc1)Cc1ccccc1.OC(COc1cccnc1)CN(Cc1ccccc1)Cc1ccccc1. The highest BCUT2D eigenvalue weighted by Gasteiger charge is 2.21. The summed E-state index contributed by atoms with van der Waals surface area (Å²) in [5, 5.41) is 52.7. The zero-order valence-electron chi connectivity index (χ0n) is 80.3. The van der Waals surface area contributed by atoms with E-state index >= 15 is 0 Å². The number of aliphatic hydroxyl groups is 5. The molecule has 5 atom stereocenters. The second kappa shape index (κ2) is 59.6. The normalized spacial score (nSPS) is 12.1. The van der Waals surface area contributed by atoms with Crippen LogP contribution in [-0.4, -0.2) is 163 Å². The van der Waals surface area contributed by atoms with Crippen LogP contribution < -0.4 is 23.7 Å². The first-order valence-corrected chi connectivity index (χ1v) is 47.5.